The number of carbonyl (C=O) groups is 3. The molecule has 0 radical (unpaired) electrons. The van der Waals surface area contributed by atoms with Crippen LogP contribution in [0.2, 0.25) is 0 Å². The van der Waals surface area contributed by atoms with Gasteiger partial charge in [0, 0.05) is 19.3 Å². The number of unbranched alkanes of at least 4 members (excludes halogenated alkanes) is 32. The highest BCUT2D eigenvalue weighted by atomic mass is 16.6. The van der Waals surface area contributed by atoms with Crippen LogP contribution >= 0.6 is 0 Å². The molecule has 1 atom stereocenters. The van der Waals surface area contributed by atoms with Gasteiger partial charge in [-0.15, -0.1) is 0 Å². The van der Waals surface area contributed by atoms with Crippen LogP contribution < -0.4 is 0 Å². The Kier molecular flexibility index (Phi) is 44.3. The van der Waals surface area contributed by atoms with E-state index in [-0.39, 0.29) is 31.1 Å². The summed E-state index contributed by atoms with van der Waals surface area (Å²) in [7, 11) is 0. The van der Waals surface area contributed by atoms with Crippen molar-refractivity contribution in [2.24, 2.45) is 0 Å². The average Bonchev–Trinajstić information content (AvgIpc) is 3.19. The van der Waals surface area contributed by atoms with E-state index in [9.17, 15) is 14.4 Å². The van der Waals surface area contributed by atoms with E-state index in [1.807, 2.05) is 0 Å². The fourth-order valence-corrected chi connectivity index (χ4v) is 7.26. The third-order valence-electron chi connectivity index (χ3n) is 11.0. The Bertz CT molecular complexity index is 870. The lowest BCUT2D eigenvalue weighted by Crippen LogP contribution is -2.30. The van der Waals surface area contributed by atoms with Crippen molar-refractivity contribution in [2.45, 2.75) is 277 Å². The van der Waals surface area contributed by atoms with Crippen LogP contribution in [0, 0.1) is 0 Å². The topological polar surface area (TPSA) is 78.9 Å². The molecule has 0 aliphatic heterocycles. The van der Waals surface area contributed by atoms with E-state index in [0.717, 1.165) is 70.6 Å². The summed E-state index contributed by atoms with van der Waals surface area (Å²) in [6.45, 7) is 6.57. The first kappa shape index (κ1) is 54.2. The van der Waals surface area contributed by atoms with Gasteiger partial charge in [-0.2, -0.15) is 0 Å². The van der Waals surface area contributed by atoms with Crippen LogP contribution in [-0.2, 0) is 28.6 Å². The third-order valence-corrected chi connectivity index (χ3v) is 11.0. The zero-order valence-electron chi connectivity index (χ0n) is 37.7. The lowest BCUT2D eigenvalue weighted by molar-refractivity contribution is -0.167. The van der Waals surface area contributed by atoms with Crippen molar-refractivity contribution in [1.82, 2.24) is 0 Å². The van der Waals surface area contributed by atoms with Crippen LogP contribution in [0.25, 0.3) is 0 Å². The molecule has 0 bridgehead atoms. The second-order valence-electron chi connectivity index (χ2n) is 16.7. The Balaban J connectivity index is 4.12. The largest absolute Gasteiger partial charge is 0.462 e. The fraction of sp³-hybridized carbons (Fsp3) is 0.900. The Morgan fingerprint density at radius 2 is 0.589 bits per heavy atom. The molecule has 0 aromatic rings. The molecular weight excluding hydrogens is 697 g/mol. The number of hydrogen-bond acceptors (Lipinski definition) is 6. The van der Waals surface area contributed by atoms with Gasteiger partial charge in [-0.05, 0) is 44.9 Å². The average molecular weight is 791 g/mol. The van der Waals surface area contributed by atoms with Crippen LogP contribution in [-0.4, -0.2) is 37.2 Å². The maximum atomic E-state index is 12.7. The van der Waals surface area contributed by atoms with Gasteiger partial charge in [-0.25, -0.2) is 0 Å². The lowest BCUT2D eigenvalue weighted by Gasteiger charge is -2.18. The van der Waals surface area contributed by atoms with Gasteiger partial charge in [-0.1, -0.05) is 219 Å². The minimum atomic E-state index is -0.765. The summed E-state index contributed by atoms with van der Waals surface area (Å²) in [6, 6.07) is 0. The predicted octanol–water partition coefficient (Wildman–Crippen LogP) is 15.8. The second-order valence-corrected chi connectivity index (χ2v) is 16.7. The van der Waals surface area contributed by atoms with Gasteiger partial charge >= 0.3 is 17.9 Å². The molecule has 0 aliphatic rings. The fourth-order valence-electron chi connectivity index (χ4n) is 7.26. The van der Waals surface area contributed by atoms with Gasteiger partial charge in [-0.3, -0.25) is 14.4 Å². The molecule has 0 amide bonds. The van der Waals surface area contributed by atoms with Gasteiger partial charge < -0.3 is 14.2 Å². The number of hydrogen-bond donors (Lipinski definition) is 0. The molecular formula is C50H94O6. The van der Waals surface area contributed by atoms with Crippen LogP contribution in [0.1, 0.15) is 271 Å². The third kappa shape index (κ3) is 43.3. The van der Waals surface area contributed by atoms with Crippen molar-refractivity contribution in [3.63, 3.8) is 0 Å². The second kappa shape index (κ2) is 45.8. The minimum Gasteiger partial charge on any atom is -0.462 e. The molecule has 0 heterocycles. The number of ether oxygens (including phenoxy) is 3. The zero-order valence-corrected chi connectivity index (χ0v) is 37.7. The monoisotopic (exact) mass is 791 g/mol. The van der Waals surface area contributed by atoms with Crippen LogP contribution in [0.4, 0.5) is 0 Å². The molecule has 1 unspecified atom stereocenters. The van der Waals surface area contributed by atoms with Gasteiger partial charge in [0.25, 0.3) is 0 Å². The highest BCUT2D eigenvalue weighted by Gasteiger charge is 2.19. The molecule has 0 aromatic carbocycles. The summed E-state index contributed by atoms with van der Waals surface area (Å²) in [5, 5.41) is 0. The molecule has 6 nitrogen and oxygen atoms in total. The van der Waals surface area contributed by atoms with E-state index < -0.39 is 6.10 Å². The van der Waals surface area contributed by atoms with Gasteiger partial charge in [0.1, 0.15) is 13.2 Å². The molecule has 0 spiro atoms. The van der Waals surface area contributed by atoms with Crippen LogP contribution in [0.5, 0.6) is 0 Å². The van der Waals surface area contributed by atoms with E-state index in [2.05, 4.69) is 32.9 Å². The lowest BCUT2D eigenvalue weighted by atomic mass is 10.0. The molecule has 56 heavy (non-hydrogen) atoms. The van der Waals surface area contributed by atoms with Crippen LogP contribution in [0.15, 0.2) is 12.2 Å². The summed E-state index contributed by atoms with van der Waals surface area (Å²) < 4.78 is 16.6. The summed E-state index contributed by atoms with van der Waals surface area (Å²) in [4.78, 5) is 37.6. The highest BCUT2D eigenvalue weighted by Crippen LogP contribution is 2.16. The van der Waals surface area contributed by atoms with E-state index >= 15 is 0 Å². The predicted molar refractivity (Wildman–Crippen MR) is 238 cm³/mol. The quantitative estimate of drug-likeness (QED) is 0.0264. The van der Waals surface area contributed by atoms with Crippen molar-refractivity contribution in [3.8, 4) is 0 Å². The molecule has 0 fully saturated rings. The van der Waals surface area contributed by atoms with Crippen LogP contribution in [0.3, 0.4) is 0 Å². The van der Waals surface area contributed by atoms with E-state index in [1.165, 1.54) is 161 Å². The van der Waals surface area contributed by atoms with Crippen molar-refractivity contribution in [3.05, 3.63) is 12.2 Å². The Morgan fingerprint density at radius 3 is 0.893 bits per heavy atom. The van der Waals surface area contributed by atoms with Gasteiger partial charge in [0.05, 0.1) is 0 Å². The summed E-state index contributed by atoms with van der Waals surface area (Å²) in [5.41, 5.74) is 0. The zero-order chi connectivity index (χ0) is 40.8. The van der Waals surface area contributed by atoms with Gasteiger partial charge in [0.15, 0.2) is 6.10 Å². The van der Waals surface area contributed by atoms with E-state index in [1.54, 1.807) is 0 Å². The maximum absolute atomic E-state index is 12.7. The molecule has 330 valence electrons. The van der Waals surface area contributed by atoms with E-state index in [4.69, 9.17) is 14.2 Å². The smallest absolute Gasteiger partial charge is 0.306 e. The molecule has 0 rings (SSSR count). The summed E-state index contributed by atoms with van der Waals surface area (Å²) >= 11 is 0. The first-order chi connectivity index (χ1) is 27.5. The first-order valence-corrected chi connectivity index (χ1v) is 24.7. The number of rotatable bonds is 45. The van der Waals surface area contributed by atoms with Crippen molar-refractivity contribution >= 4 is 17.9 Å². The van der Waals surface area contributed by atoms with E-state index in [0.29, 0.717) is 19.3 Å². The number of carbonyl (C=O) groups excluding carboxylic acids is 3. The number of allylic oxidation sites excluding steroid dienone is 2. The Hall–Kier alpha value is -1.85. The number of esters is 3. The molecule has 0 aliphatic carbocycles. The summed E-state index contributed by atoms with van der Waals surface area (Å²) in [6.07, 6.45) is 49.5. The molecule has 0 saturated heterocycles. The highest BCUT2D eigenvalue weighted by molar-refractivity contribution is 5.71. The van der Waals surface area contributed by atoms with Crippen molar-refractivity contribution in [1.29, 1.82) is 0 Å². The molecule has 6 heteroatoms. The molecule has 0 saturated carbocycles. The first-order valence-electron chi connectivity index (χ1n) is 24.7. The minimum absolute atomic E-state index is 0.0697. The maximum Gasteiger partial charge on any atom is 0.306 e. The SMILES string of the molecule is CCCCCCC/C=C\CCCCCCCC(=O)OC(COC(=O)CCCCCCC)COC(=O)CCCCCCCCCCCCCCCCCCCCC. The van der Waals surface area contributed by atoms with Crippen molar-refractivity contribution in [2.75, 3.05) is 13.2 Å². The molecule has 0 aromatic heterocycles. The van der Waals surface area contributed by atoms with Crippen molar-refractivity contribution < 1.29 is 28.6 Å². The standard InChI is InChI=1S/C50H94O6/c1-4-7-10-13-15-17-19-21-23-24-25-26-27-29-30-32-34-37-40-43-49(52)55-46-47(45-54-48(51)42-39-36-12-9-6-3)56-50(53)44-41-38-35-33-31-28-22-20-18-16-14-11-8-5-2/h20,22,47H,4-19,21,23-46H2,1-3H3/b22-20-. The molecule has 0 N–H and O–H groups in total. The van der Waals surface area contributed by atoms with Gasteiger partial charge in [0.2, 0.25) is 0 Å². The Labute approximate surface area is 348 Å². The summed E-state index contributed by atoms with van der Waals surface area (Å²) in [5.74, 6) is -0.880. The Morgan fingerprint density at radius 1 is 0.339 bits per heavy atom. The normalized spacial score (nSPS) is 12.0.